The van der Waals surface area contributed by atoms with Gasteiger partial charge in [-0.15, -0.1) is 0 Å². The van der Waals surface area contributed by atoms with E-state index in [9.17, 15) is 9.59 Å². The number of carbonyl (C=O) groups is 2. The number of nitrogens with zero attached hydrogens (tertiary/aromatic N) is 1. The summed E-state index contributed by atoms with van der Waals surface area (Å²) in [5.41, 5.74) is 1.67. The Morgan fingerprint density at radius 3 is 2.83 bits per heavy atom. The normalized spacial score (nSPS) is 20.3. The highest BCUT2D eigenvalue weighted by Crippen LogP contribution is 2.31. The van der Waals surface area contributed by atoms with E-state index in [1.807, 2.05) is 41.9 Å². The Labute approximate surface area is 143 Å². The van der Waals surface area contributed by atoms with Crippen molar-refractivity contribution in [3.63, 3.8) is 0 Å². The summed E-state index contributed by atoms with van der Waals surface area (Å²) in [6.07, 6.45) is 6.82. The summed E-state index contributed by atoms with van der Waals surface area (Å²) in [6, 6.07) is 7.87. The second-order valence-electron chi connectivity index (χ2n) is 6.06. The van der Waals surface area contributed by atoms with Crippen LogP contribution in [0.25, 0.3) is 0 Å². The number of hydrogen-bond donors (Lipinski definition) is 1. The van der Waals surface area contributed by atoms with Crippen LogP contribution < -0.4 is 5.32 Å². The van der Waals surface area contributed by atoms with Crippen molar-refractivity contribution in [3.8, 4) is 0 Å². The maximum Gasteiger partial charge on any atom is 0.251 e. The third-order valence-electron chi connectivity index (χ3n) is 4.66. The van der Waals surface area contributed by atoms with Crippen LogP contribution in [0.2, 0.25) is 0 Å². The van der Waals surface area contributed by atoms with Crippen molar-refractivity contribution < 1.29 is 9.59 Å². The topological polar surface area (TPSA) is 49.4 Å². The largest absolute Gasteiger partial charge is 0.355 e. The summed E-state index contributed by atoms with van der Waals surface area (Å²) < 4.78 is 0. The van der Waals surface area contributed by atoms with E-state index in [0.717, 1.165) is 12.0 Å². The predicted molar refractivity (Wildman–Crippen MR) is 95.9 cm³/mol. The summed E-state index contributed by atoms with van der Waals surface area (Å²) >= 11 is 1.87. The number of rotatable bonds is 6. The first-order chi connectivity index (χ1) is 11.1. The van der Waals surface area contributed by atoms with Gasteiger partial charge in [0.05, 0.1) is 0 Å². The number of carbonyl (C=O) groups excluding carboxylic acids is 2. The Morgan fingerprint density at radius 2 is 2.13 bits per heavy atom. The standard InChI is InChI=1S/C18H26N2O2S/c1-19-18(22)14-7-4-6-13(12-14)10-11-17(21)20(2)15-8-5-9-16(15)23-3/h4,6-7,12,15-16H,5,8-11H2,1-3H3,(H,19,22)/t15-,16+/m0/s1. The fraction of sp³-hybridized carbons (Fsp3) is 0.556. The van der Waals surface area contributed by atoms with Gasteiger partial charge < -0.3 is 10.2 Å². The molecule has 1 N–H and O–H groups in total. The number of aryl methyl sites for hydroxylation is 1. The second kappa shape index (κ2) is 8.39. The lowest BCUT2D eigenvalue weighted by Gasteiger charge is -2.29. The molecule has 0 bridgehead atoms. The van der Waals surface area contributed by atoms with Crippen molar-refractivity contribution in [2.75, 3.05) is 20.4 Å². The lowest BCUT2D eigenvalue weighted by atomic mass is 10.1. The summed E-state index contributed by atoms with van der Waals surface area (Å²) in [4.78, 5) is 26.1. The third-order valence-corrected chi connectivity index (χ3v) is 5.81. The molecule has 0 radical (unpaired) electrons. The summed E-state index contributed by atoms with van der Waals surface area (Å²) in [6.45, 7) is 0. The lowest BCUT2D eigenvalue weighted by molar-refractivity contribution is -0.131. The van der Waals surface area contributed by atoms with Crippen LogP contribution in [0.1, 0.15) is 41.6 Å². The van der Waals surface area contributed by atoms with Gasteiger partial charge in [0, 0.05) is 37.4 Å². The Morgan fingerprint density at radius 1 is 1.35 bits per heavy atom. The zero-order valence-corrected chi connectivity index (χ0v) is 15.0. The fourth-order valence-electron chi connectivity index (χ4n) is 3.25. The molecule has 0 spiro atoms. The van der Waals surface area contributed by atoms with Gasteiger partial charge >= 0.3 is 0 Å². The highest BCUT2D eigenvalue weighted by atomic mass is 32.2. The maximum atomic E-state index is 12.5. The molecule has 2 atom stereocenters. The summed E-state index contributed by atoms with van der Waals surface area (Å²) in [5.74, 6) is 0.102. The molecule has 2 rings (SSSR count). The Hall–Kier alpha value is -1.49. The molecule has 126 valence electrons. The molecule has 1 saturated carbocycles. The molecule has 1 aliphatic carbocycles. The van der Waals surface area contributed by atoms with Crippen LogP contribution in [-0.2, 0) is 11.2 Å². The van der Waals surface area contributed by atoms with E-state index in [2.05, 4.69) is 11.6 Å². The molecule has 1 aromatic carbocycles. The molecule has 23 heavy (non-hydrogen) atoms. The second-order valence-corrected chi connectivity index (χ2v) is 7.13. The molecule has 5 heteroatoms. The SMILES string of the molecule is CNC(=O)c1cccc(CCC(=O)N(C)[C@H]2CCC[C@H]2SC)c1. The Balaban J connectivity index is 1.92. The van der Waals surface area contributed by atoms with E-state index in [1.165, 1.54) is 12.8 Å². The van der Waals surface area contributed by atoms with Crippen molar-refractivity contribution in [1.29, 1.82) is 0 Å². The summed E-state index contributed by atoms with van der Waals surface area (Å²) in [7, 11) is 3.56. The molecule has 0 aromatic heterocycles. The maximum absolute atomic E-state index is 12.5. The van der Waals surface area contributed by atoms with Crippen molar-refractivity contribution in [2.24, 2.45) is 0 Å². The van der Waals surface area contributed by atoms with Crippen LogP contribution in [0.5, 0.6) is 0 Å². The van der Waals surface area contributed by atoms with Crippen LogP contribution in [0, 0.1) is 0 Å². The van der Waals surface area contributed by atoms with Gasteiger partial charge in [0.1, 0.15) is 0 Å². The van der Waals surface area contributed by atoms with E-state index in [-0.39, 0.29) is 11.8 Å². The van der Waals surface area contributed by atoms with Crippen LogP contribution >= 0.6 is 11.8 Å². The molecule has 1 aliphatic rings. The smallest absolute Gasteiger partial charge is 0.251 e. The van der Waals surface area contributed by atoms with Crippen molar-refractivity contribution in [1.82, 2.24) is 10.2 Å². The zero-order valence-electron chi connectivity index (χ0n) is 14.2. The average molecular weight is 334 g/mol. The van der Waals surface area contributed by atoms with Gasteiger partial charge in [-0.3, -0.25) is 9.59 Å². The van der Waals surface area contributed by atoms with Crippen LogP contribution in [-0.4, -0.2) is 48.4 Å². The molecule has 4 nitrogen and oxygen atoms in total. The lowest BCUT2D eigenvalue weighted by Crippen LogP contribution is -2.40. The quantitative estimate of drug-likeness (QED) is 0.870. The van der Waals surface area contributed by atoms with Gasteiger partial charge in [0.25, 0.3) is 5.91 Å². The predicted octanol–water partition coefficient (Wildman–Crippen LogP) is 2.72. The first-order valence-corrected chi connectivity index (χ1v) is 9.45. The van der Waals surface area contributed by atoms with Crippen molar-refractivity contribution in [3.05, 3.63) is 35.4 Å². The number of amides is 2. The number of benzene rings is 1. The molecule has 1 fully saturated rings. The van der Waals surface area contributed by atoms with Crippen LogP contribution in [0.15, 0.2) is 24.3 Å². The molecular formula is C18H26N2O2S. The fourth-order valence-corrected chi connectivity index (χ4v) is 4.28. The first kappa shape index (κ1) is 17.9. The Bertz CT molecular complexity index is 562. The van der Waals surface area contributed by atoms with Gasteiger partial charge in [-0.05, 0) is 43.2 Å². The Kier molecular flexibility index (Phi) is 6.51. The summed E-state index contributed by atoms with van der Waals surface area (Å²) in [5, 5.41) is 3.19. The molecule has 0 aliphatic heterocycles. The van der Waals surface area contributed by atoms with Crippen LogP contribution in [0.3, 0.4) is 0 Å². The minimum atomic E-state index is -0.0935. The highest BCUT2D eigenvalue weighted by molar-refractivity contribution is 7.99. The molecule has 2 amide bonds. The van der Waals surface area contributed by atoms with Crippen molar-refractivity contribution in [2.45, 2.75) is 43.4 Å². The number of nitrogens with one attached hydrogen (secondary N) is 1. The molecular weight excluding hydrogens is 308 g/mol. The molecule has 0 unspecified atom stereocenters. The van der Waals surface area contributed by atoms with Crippen LogP contribution in [0.4, 0.5) is 0 Å². The zero-order chi connectivity index (χ0) is 16.8. The minimum absolute atomic E-state index is 0.0935. The van der Waals surface area contributed by atoms with Gasteiger partial charge in [0.15, 0.2) is 0 Å². The highest BCUT2D eigenvalue weighted by Gasteiger charge is 2.31. The van der Waals surface area contributed by atoms with E-state index in [0.29, 0.717) is 29.7 Å². The monoisotopic (exact) mass is 334 g/mol. The number of thioether (sulfide) groups is 1. The average Bonchev–Trinajstić information content (AvgIpc) is 3.07. The number of hydrogen-bond acceptors (Lipinski definition) is 3. The first-order valence-electron chi connectivity index (χ1n) is 8.16. The van der Waals surface area contributed by atoms with Gasteiger partial charge in [-0.25, -0.2) is 0 Å². The molecule has 0 heterocycles. The van der Waals surface area contributed by atoms with Gasteiger partial charge in [-0.1, -0.05) is 18.6 Å². The molecule has 0 saturated heterocycles. The third kappa shape index (κ3) is 4.50. The van der Waals surface area contributed by atoms with E-state index in [1.54, 1.807) is 13.1 Å². The van der Waals surface area contributed by atoms with Gasteiger partial charge in [0.2, 0.25) is 5.91 Å². The minimum Gasteiger partial charge on any atom is -0.355 e. The van der Waals surface area contributed by atoms with E-state index in [4.69, 9.17) is 0 Å². The van der Waals surface area contributed by atoms with E-state index >= 15 is 0 Å². The van der Waals surface area contributed by atoms with E-state index < -0.39 is 0 Å². The van der Waals surface area contributed by atoms with Gasteiger partial charge in [-0.2, -0.15) is 11.8 Å². The van der Waals surface area contributed by atoms with Crippen molar-refractivity contribution >= 4 is 23.6 Å². The molecule has 1 aromatic rings.